The van der Waals surface area contributed by atoms with Gasteiger partial charge in [-0.15, -0.1) is 21.5 Å². The van der Waals surface area contributed by atoms with Gasteiger partial charge in [-0.1, -0.05) is 23.5 Å². The molecule has 0 bridgehead atoms. The summed E-state index contributed by atoms with van der Waals surface area (Å²) in [5, 5.41) is 22.6. The molecule has 1 aliphatic heterocycles. The van der Waals surface area contributed by atoms with Gasteiger partial charge in [0, 0.05) is 30.9 Å². The Kier molecular flexibility index (Phi) is 5.91. The molecule has 0 unspecified atom stereocenters. The van der Waals surface area contributed by atoms with Crippen LogP contribution >= 0.6 is 22.7 Å². The van der Waals surface area contributed by atoms with Crippen molar-refractivity contribution in [3.8, 4) is 0 Å². The molecule has 182 valence electrons. The van der Waals surface area contributed by atoms with Gasteiger partial charge in [0.1, 0.15) is 0 Å². The lowest BCUT2D eigenvalue weighted by Gasteiger charge is -2.36. The predicted molar refractivity (Wildman–Crippen MR) is 136 cm³/mol. The van der Waals surface area contributed by atoms with Crippen molar-refractivity contribution < 1.29 is 18.3 Å². The first-order valence-corrected chi connectivity index (χ1v) is 14.0. The van der Waals surface area contributed by atoms with E-state index in [0.717, 1.165) is 22.0 Å². The number of benzene rings is 1. The van der Waals surface area contributed by atoms with Crippen molar-refractivity contribution in [2.24, 2.45) is 0 Å². The number of hydrogen-bond acceptors (Lipinski definition) is 11. The molecule has 1 aromatic carbocycles. The fraction of sp³-hybridized carbons (Fsp3) is 0.286. The quantitative estimate of drug-likeness (QED) is 0.364. The Morgan fingerprint density at radius 2 is 1.94 bits per heavy atom. The molecule has 0 radical (unpaired) electrons. The van der Waals surface area contributed by atoms with E-state index in [1.165, 1.54) is 27.0 Å². The van der Waals surface area contributed by atoms with Gasteiger partial charge >= 0.3 is 5.97 Å². The van der Waals surface area contributed by atoms with Crippen molar-refractivity contribution in [1.29, 1.82) is 0 Å². The van der Waals surface area contributed by atoms with Gasteiger partial charge in [0.2, 0.25) is 10.0 Å². The molecule has 35 heavy (non-hydrogen) atoms. The van der Waals surface area contributed by atoms with Crippen molar-refractivity contribution in [2.45, 2.75) is 12.8 Å². The monoisotopic (exact) mass is 531 g/mol. The number of anilines is 4. The van der Waals surface area contributed by atoms with E-state index in [4.69, 9.17) is 0 Å². The highest BCUT2D eigenvalue weighted by atomic mass is 32.2. The fourth-order valence-corrected chi connectivity index (χ4v) is 6.53. The van der Waals surface area contributed by atoms with Crippen LogP contribution in [0, 0.1) is 6.92 Å². The summed E-state index contributed by atoms with van der Waals surface area (Å²) in [6.07, 6.45) is 1.14. The number of aromatic carboxylic acids is 1. The van der Waals surface area contributed by atoms with Crippen LogP contribution in [0.1, 0.15) is 26.8 Å². The molecule has 0 spiro atoms. The number of carboxylic acids is 1. The molecule has 0 saturated carbocycles. The lowest BCUT2D eigenvalue weighted by molar-refractivity contribution is 0.0688. The number of aryl methyl sites for hydroxylation is 1. The number of fused-ring (bicyclic) bond motifs is 1. The second-order valence-electron chi connectivity index (χ2n) is 8.20. The Labute approximate surface area is 209 Å². The zero-order valence-electron chi connectivity index (χ0n) is 19.0. The van der Waals surface area contributed by atoms with Crippen molar-refractivity contribution in [3.63, 3.8) is 0 Å². The molecule has 14 heteroatoms. The normalized spacial score (nSPS) is 14.7. The topological polar surface area (TPSA) is 142 Å². The number of nitrogens with one attached hydrogen (secondary N) is 1. The van der Waals surface area contributed by atoms with Crippen LogP contribution < -0.4 is 10.2 Å². The summed E-state index contributed by atoms with van der Waals surface area (Å²) in [7, 11) is -1.56. The fourth-order valence-electron chi connectivity index (χ4n) is 3.65. The minimum absolute atomic E-state index is 0.0613. The van der Waals surface area contributed by atoms with E-state index in [1.807, 2.05) is 37.3 Å². The number of thiazole rings is 2. The van der Waals surface area contributed by atoms with Gasteiger partial charge < -0.3 is 15.3 Å². The SMILES string of the molecule is Cc1cc(N(C)c2nc(C(=O)O)c(C3CN(S(C)(=O)=O)C3)s2)nnc1Nc1nc2ccccc2s1. The minimum Gasteiger partial charge on any atom is -0.476 e. The van der Waals surface area contributed by atoms with Crippen LogP contribution in [0.15, 0.2) is 30.3 Å². The maximum absolute atomic E-state index is 11.8. The van der Waals surface area contributed by atoms with Crippen LogP contribution in [0.25, 0.3) is 10.2 Å². The number of hydrogen-bond donors (Lipinski definition) is 2. The lowest BCUT2D eigenvalue weighted by atomic mass is 10.00. The van der Waals surface area contributed by atoms with Gasteiger partial charge in [-0.25, -0.2) is 27.5 Å². The molecule has 2 N–H and O–H groups in total. The van der Waals surface area contributed by atoms with Crippen molar-refractivity contribution >= 4 is 70.8 Å². The van der Waals surface area contributed by atoms with Crippen LogP contribution in [0.3, 0.4) is 0 Å². The predicted octanol–water partition coefficient (Wildman–Crippen LogP) is 3.42. The molecule has 0 atom stereocenters. The van der Waals surface area contributed by atoms with Crippen molar-refractivity contribution in [3.05, 3.63) is 46.5 Å². The van der Waals surface area contributed by atoms with Crippen LogP contribution in [0.5, 0.6) is 0 Å². The van der Waals surface area contributed by atoms with Crippen LogP contribution in [0.4, 0.5) is 21.9 Å². The summed E-state index contributed by atoms with van der Waals surface area (Å²) in [6.45, 7) is 2.39. The smallest absolute Gasteiger partial charge is 0.355 e. The van der Waals surface area contributed by atoms with Gasteiger partial charge in [0.25, 0.3) is 0 Å². The van der Waals surface area contributed by atoms with E-state index < -0.39 is 16.0 Å². The van der Waals surface area contributed by atoms with E-state index >= 15 is 0 Å². The third-order valence-electron chi connectivity index (χ3n) is 5.65. The highest BCUT2D eigenvalue weighted by molar-refractivity contribution is 7.88. The molecule has 0 aliphatic carbocycles. The van der Waals surface area contributed by atoms with Crippen molar-refractivity contribution in [2.75, 3.05) is 36.6 Å². The average Bonchev–Trinajstić information content (AvgIpc) is 3.37. The molecule has 4 aromatic rings. The number of carbonyl (C=O) groups is 1. The summed E-state index contributed by atoms with van der Waals surface area (Å²) >= 11 is 2.74. The second kappa shape index (κ2) is 8.78. The standard InChI is InChI=1S/C21H21N7O4S3/c1-11-8-15(25-26-18(11)24-20-22-13-6-4-5-7-14(13)33-20)27(2)21-23-16(19(29)30)17(34-21)12-9-28(10-12)35(3,31)32/h4-8,12H,9-10H2,1-3H3,(H,29,30)(H,22,24,26). The van der Waals surface area contributed by atoms with E-state index in [-0.39, 0.29) is 24.7 Å². The maximum atomic E-state index is 11.8. The molecule has 0 amide bonds. The van der Waals surface area contributed by atoms with Crippen LogP contribution in [-0.2, 0) is 10.0 Å². The molecular formula is C21H21N7O4S3. The molecule has 1 saturated heterocycles. The van der Waals surface area contributed by atoms with E-state index in [2.05, 4.69) is 25.5 Å². The zero-order valence-corrected chi connectivity index (χ0v) is 21.4. The molecular weight excluding hydrogens is 510 g/mol. The second-order valence-corrected chi connectivity index (χ2v) is 12.2. The summed E-state index contributed by atoms with van der Waals surface area (Å²) in [5.74, 6) is -0.279. The highest BCUT2D eigenvalue weighted by Gasteiger charge is 2.38. The Balaban J connectivity index is 1.36. The van der Waals surface area contributed by atoms with Gasteiger partial charge in [0.05, 0.1) is 16.5 Å². The Morgan fingerprint density at radius 1 is 1.20 bits per heavy atom. The number of para-hydroxylation sites is 1. The third-order valence-corrected chi connectivity index (χ3v) is 9.14. The van der Waals surface area contributed by atoms with E-state index in [1.54, 1.807) is 11.9 Å². The molecule has 5 rings (SSSR count). The number of aromatic nitrogens is 4. The van der Waals surface area contributed by atoms with Gasteiger partial charge in [-0.05, 0) is 30.7 Å². The zero-order chi connectivity index (χ0) is 24.9. The summed E-state index contributed by atoms with van der Waals surface area (Å²) in [5.41, 5.74) is 1.68. The van der Waals surface area contributed by atoms with E-state index in [9.17, 15) is 18.3 Å². The Hall–Kier alpha value is -3.20. The van der Waals surface area contributed by atoms with E-state index in [0.29, 0.717) is 26.8 Å². The van der Waals surface area contributed by atoms with Crippen LogP contribution in [0.2, 0.25) is 0 Å². The Bertz CT molecular complexity index is 1510. The van der Waals surface area contributed by atoms with Gasteiger partial charge in [-0.3, -0.25) is 0 Å². The first kappa shape index (κ1) is 23.5. The molecule has 1 fully saturated rings. The van der Waals surface area contributed by atoms with Gasteiger partial charge in [0.15, 0.2) is 27.6 Å². The highest BCUT2D eigenvalue weighted by Crippen LogP contribution is 2.39. The average molecular weight is 532 g/mol. The third kappa shape index (κ3) is 4.57. The summed E-state index contributed by atoms with van der Waals surface area (Å²) < 4.78 is 25.8. The first-order valence-electron chi connectivity index (χ1n) is 10.5. The summed E-state index contributed by atoms with van der Waals surface area (Å²) in [6, 6.07) is 9.69. The minimum atomic E-state index is -3.30. The summed E-state index contributed by atoms with van der Waals surface area (Å²) in [4.78, 5) is 22.9. The lowest BCUT2D eigenvalue weighted by Crippen LogP contribution is -2.47. The molecule has 1 aliphatic rings. The number of carboxylic acid groups (broad SMARTS) is 1. The molecule has 3 aromatic heterocycles. The molecule has 11 nitrogen and oxygen atoms in total. The number of nitrogens with zero attached hydrogens (tertiary/aromatic N) is 6. The number of sulfonamides is 1. The molecule has 4 heterocycles. The maximum Gasteiger partial charge on any atom is 0.355 e. The van der Waals surface area contributed by atoms with Gasteiger partial charge in [-0.2, -0.15) is 0 Å². The Morgan fingerprint density at radius 3 is 2.60 bits per heavy atom. The van der Waals surface area contributed by atoms with Crippen molar-refractivity contribution in [1.82, 2.24) is 24.5 Å². The number of rotatable bonds is 7. The first-order chi connectivity index (χ1) is 16.6. The largest absolute Gasteiger partial charge is 0.476 e. The van der Waals surface area contributed by atoms with Crippen LogP contribution in [-0.4, -0.2) is 70.4 Å².